The third kappa shape index (κ3) is 1.17. The molecule has 2 aromatic rings. The summed E-state index contributed by atoms with van der Waals surface area (Å²) in [6, 6.07) is 6.14. The number of hydrogen-bond acceptors (Lipinski definition) is 1. The summed E-state index contributed by atoms with van der Waals surface area (Å²) in [4.78, 5) is 14.8. The number of carbonyl (C=O) groups is 1. The van der Waals surface area contributed by atoms with Gasteiger partial charge >= 0.3 is 5.97 Å². The first-order chi connectivity index (χ1) is 8.71. The van der Waals surface area contributed by atoms with Crippen molar-refractivity contribution in [3.05, 3.63) is 35.0 Å². The summed E-state index contributed by atoms with van der Waals surface area (Å²) in [5.41, 5.74) is 4.31. The van der Waals surface area contributed by atoms with Gasteiger partial charge in [-0.05, 0) is 55.4 Å². The van der Waals surface area contributed by atoms with Crippen LogP contribution in [0.2, 0.25) is 0 Å². The zero-order valence-corrected chi connectivity index (χ0v) is 10.1. The predicted octanol–water partition coefficient (Wildman–Crippen LogP) is 2.77. The number of carboxylic acid groups (broad SMARTS) is 1. The molecule has 18 heavy (non-hydrogen) atoms. The van der Waals surface area contributed by atoms with E-state index in [1.165, 1.54) is 23.1 Å². The van der Waals surface area contributed by atoms with Gasteiger partial charge < -0.3 is 10.1 Å². The van der Waals surface area contributed by atoms with Crippen LogP contribution >= 0.6 is 0 Å². The second kappa shape index (κ2) is 3.16. The Balaban J connectivity index is 1.92. The lowest BCUT2D eigenvalue weighted by Gasteiger charge is -2.10. The quantitative estimate of drug-likeness (QED) is 0.849. The first-order valence-corrected chi connectivity index (χ1v) is 6.58. The zero-order chi connectivity index (χ0) is 12.3. The molecule has 0 amide bonds. The van der Waals surface area contributed by atoms with Crippen molar-refractivity contribution in [3.8, 4) is 0 Å². The molecule has 2 aliphatic carbocycles. The minimum atomic E-state index is -0.672. The van der Waals surface area contributed by atoms with Crippen LogP contribution < -0.4 is 0 Å². The van der Waals surface area contributed by atoms with Crippen LogP contribution in [-0.4, -0.2) is 16.1 Å². The third-order valence-corrected chi connectivity index (χ3v) is 4.56. The smallest absolute Gasteiger partial charge is 0.314 e. The number of hydrogen-bond donors (Lipinski definition) is 2. The number of carboxylic acids is 1. The van der Waals surface area contributed by atoms with Gasteiger partial charge in [-0.3, -0.25) is 4.79 Å². The fourth-order valence-electron chi connectivity index (χ4n) is 3.29. The van der Waals surface area contributed by atoms with E-state index < -0.39 is 11.4 Å². The van der Waals surface area contributed by atoms with Gasteiger partial charge in [0.2, 0.25) is 0 Å². The fourth-order valence-corrected chi connectivity index (χ4v) is 3.29. The summed E-state index contributed by atoms with van der Waals surface area (Å²) < 4.78 is 0. The summed E-state index contributed by atoms with van der Waals surface area (Å²) in [6.07, 6.45) is 5.02. The van der Waals surface area contributed by atoms with E-state index in [1.807, 2.05) is 12.1 Å². The van der Waals surface area contributed by atoms with Gasteiger partial charge in [0.25, 0.3) is 0 Å². The average molecular weight is 241 g/mol. The molecule has 0 atom stereocenters. The van der Waals surface area contributed by atoms with Gasteiger partial charge in [0, 0.05) is 16.6 Å². The van der Waals surface area contributed by atoms with Crippen molar-refractivity contribution in [3.63, 3.8) is 0 Å². The maximum atomic E-state index is 11.4. The molecule has 3 heteroatoms. The first kappa shape index (κ1) is 10.2. The number of aryl methyl sites for hydroxylation is 2. The third-order valence-electron chi connectivity index (χ3n) is 4.56. The Hall–Kier alpha value is -1.77. The van der Waals surface area contributed by atoms with Gasteiger partial charge in [0.1, 0.15) is 0 Å². The van der Waals surface area contributed by atoms with Crippen molar-refractivity contribution in [1.29, 1.82) is 0 Å². The summed E-state index contributed by atoms with van der Waals surface area (Å²) in [6.45, 7) is 0. The molecule has 1 heterocycles. The molecule has 4 rings (SSSR count). The van der Waals surface area contributed by atoms with Gasteiger partial charge in [-0.15, -0.1) is 0 Å². The second-order valence-electron chi connectivity index (χ2n) is 5.58. The zero-order valence-electron chi connectivity index (χ0n) is 10.1. The fraction of sp³-hybridized carbons (Fsp3) is 0.400. The van der Waals surface area contributed by atoms with E-state index >= 15 is 0 Å². The van der Waals surface area contributed by atoms with Crippen LogP contribution in [0.15, 0.2) is 18.2 Å². The Morgan fingerprint density at radius 3 is 2.83 bits per heavy atom. The molecule has 1 aromatic heterocycles. The van der Waals surface area contributed by atoms with Crippen LogP contribution in [-0.2, 0) is 23.1 Å². The monoisotopic (exact) mass is 241 g/mol. The van der Waals surface area contributed by atoms with Crippen LogP contribution in [0.4, 0.5) is 0 Å². The largest absolute Gasteiger partial charge is 0.481 e. The number of fused-ring (bicyclic) bond motifs is 3. The van der Waals surface area contributed by atoms with Crippen LogP contribution in [0.5, 0.6) is 0 Å². The standard InChI is InChI=1S/C15H15NO2/c17-14(18)15(6-7-15)9-4-5-13-11(8-9)10-2-1-3-12(10)16-13/h4-5,8,16H,1-3,6-7H2,(H,17,18). The minimum Gasteiger partial charge on any atom is -0.481 e. The van der Waals surface area contributed by atoms with Gasteiger partial charge in [-0.2, -0.15) is 0 Å². The predicted molar refractivity (Wildman–Crippen MR) is 68.9 cm³/mol. The van der Waals surface area contributed by atoms with Crippen molar-refractivity contribution >= 4 is 16.9 Å². The molecular formula is C15H15NO2. The van der Waals surface area contributed by atoms with Crippen molar-refractivity contribution in [2.24, 2.45) is 0 Å². The van der Waals surface area contributed by atoms with Crippen molar-refractivity contribution in [2.45, 2.75) is 37.5 Å². The highest BCUT2D eigenvalue weighted by molar-refractivity contribution is 5.90. The molecule has 0 unspecified atom stereocenters. The van der Waals surface area contributed by atoms with Crippen LogP contribution in [0.25, 0.3) is 10.9 Å². The summed E-state index contributed by atoms with van der Waals surface area (Å²) in [5, 5.41) is 10.6. The molecule has 0 bridgehead atoms. The Kier molecular flexibility index (Phi) is 1.79. The lowest BCUT2D eigenvalue weighted by atomic mass is 9.94. The second-order valence-corrected chi connectivity index (χ2v) is 5.58. The van der Waals surface area contributed by atoms with Gasteiger partial charge in [0.05, 0.1) is 5.41 Å². The number of H-pyrrole nitrogens is 1. The molecule has 1 fully saturated rings. The lowest BCUT2D eigenvalue weighted by molar-refractivity contribution is -0.140. The number of aromatic nitrogens is 1. The average Bonchev–Trinajstić information content (AvgIpc) is 2.92. The highest BCUT2D eigenvalue weighted by Gasteiger charge is 2.51. The molecule has 1 saturated carbocycles. The van der Waals surface area contributed by atoms with E-state index in [2.05, 4.69) is 11.1 Å². The normalized spacial score (nSPS) is 20.0. The molecule has 0 saturated heterocycles. The van der Waals surface area contributed by atoms with Crippen LogP contribution in [0.1, 0.15) is 36.1 Å². The molecule has 3 nitrogen and oxygen atoms in total. The van der Waals surface area contributed by atoms with Gasteiger partial charge in [0.15, 0.2) is 0 Å². The van der Waals surface area contributed by atoms with Crippen molar-refractivity contribution in [1.82, 2.24) is 4.98 Å². The first-order valence-electron chi connectivity index (χ1n) is 6.58. The molecule has 0 aliphatic heterocycles. The van der Waals surface area contributed by atoms with E-state index in [0.717, 1.165) is 36.8 Å². The topological polar surface area (TPSA) is 53.1 Å². The lowest BCUT2D eigenvalue weighted by Crippen LogP contribution is -2.19. The maximum Gasteiger partial charge on any atom is 0.314 e. The minimum absolute atomic E-state index is 0.586. The van der Waals surface area contributed by atoms with Gasteiger partial charge in [-0.1, -0.05) is 6.07 Å². The Morgan fingerprint density at radius 2 is 2.11 bits per heavy atom. The molecule has 0 spiro atoms. The number of aromatic amines is 1. The van der Waals surface area contributed by atoms with E-state index in [1.54, 1.807) is 0 Å². The summed E-state index contributed by atoms with van der Waals surface area (Å²) >= 11 is 0. The van der Waals surface area contributed by atoms with E-state index in [9.17, 15) is 9.90 Å². The molecule has 92 valence electrons. The van der Waals surface area contributed by atoms with E-state index in [0.29, 0.717) is 0 Å². The number of nitrogens with one attached hydrogen (secondary N) is 1. The number of aliphatic carboxylic acids is 1. The maximum absolute atomic E-state index is 11.4. The Bertz CT molecular complexity index is 664. The highest BCUT2D eigenvalue weighted by Crippen LogP contribution is 2.49. The number of benzene rings is 1. The van der Waals surface area contributed by atoms with E-state index in [-0.39, 0.29) is 0 Å². The molecule has 2 aliphatic rings. The molecule has 1 aromatic carbocycles. The summed E-state index contributed by atoms with van der Waals surface area (Å²) in [7, 11) is 0. The molecule has 2 N–H and O–H groups in total. The summed E-state index contributed by atoms with van der Waals surface area (Å²) in [5.74, 6) is -0.672. The molecular weight excluding hydrogens is 226 g/mol. The number of rotatable bonds is 2. The molecule has 0 radical (unpaired) electrons. The SMILES string of the molecule is O=C(O)C1(c2ccc3[nH]c4c(c3c2)CCC4)CC1. The van der Waals surface area contributed by atoms with E-state index in [4.69, 9.17) is 0 Å². The Morgan fingerprint density at radius 1 is 1.28 bits per heavy atom. The van der Waals surface area contributed by atoms with Crippen molar-refractivity contribution < 1.29 is 9.90 Å². The van der Waals surface area contributed by atoms with Gasteiger partial charge in [-0.25, -0.2) is 0 Å². The van der Waals surface area contributed by atoms with Crippen LogP contribution in [0, 0.1) is 0 Å². The Labute approximate surface area is 105 Å². The highest BCUT2D eigenvalue weighted by atomic mass is 16.4. The van der Waals surface area contributed by atoms with Crippen LogP contribution in [0.3, 0.4) is 0 Å². The van der Waals surface area contributed by atoms with Crippen molar-refractivity contribution in [2.75, 3.05) is 0 Å².